The lowest BCUT2D eigenvalue weighted by Crippen LogP contribution is -2.29. The summed E-state index contributed by atoms with van der Waals surface area (Å²) in [5.74, 6) is 0.816. The molecule has 1 heterocycles. The Morgan fingerprint density at radius 1 is 1.10 bits per heavy atom. The lowest BCUT2D eigenvalue weighted by Gasteiger charge is -2.09. The molecule has 0 bridgehead atoms. The summed E-state index contributed by atoms with van der Waals surface area (Å²) in [5, 5.41) is 4.34. The molecule has 1 atom stereocenters. The molecule has 0 amide bonds. The third-order valence-electron chi connectivity index (χ3n) is 3.42. The zero-order valence-corrected chi connectivity index (χ0v) is 12.4. The number of hydrogen-bond acceptors (Lipinski definition) is 2. The van der Waals surface area contributed by atoms with Crippen molar-refractivity contribution in [3.05, 3.63) is 71.5 Å². The fraction of sp³-hybridized carbons (Fsp3) is 0.235. The number of rotatable bonds is 4. The van der Waals surface area contributed by atoms with Gasteiger partial charge >= 0.3 is 0 Å². The van der Waals surface area contributed by atoms with Gasteiger partial charge < -0.3 is 5.32 Å². The molecular weight excluding hydrogens is 283 g/mol. The molecule has 2 aromatic carbocycles. The number of halogens is 1. The maximum Gasteiger partial charge on any atom is 0.157 e. The van der Waals surface area contributed by atoms with Crippen LogP contribution in [0.1, 0.15) is 11.1 Å². The highest BCUT2D eigenvalue weighted by Crippen LogP contribution is 2.18. The molecular formula is C17H17FN2S. The van der Waals surface area contributed by atoms with Crippen LogP contribution in [0, 0.1) is 5.82 Å². The van der Waals surface area contributed by atoms with Gasteiger partial charge in [0, 0.05) is 17.4 Å². The van der Waals surface area contributed by atoms with Crippen molar-refractivity contribution in [2.75, 3.05) is 5.75 Å². The van der Waals surface area contributed by atoms with Crippen LogP contribution < -0.4 is 5.32 Å². The van der Waals surface area contributed by atoms with E-state index in [1.165, 1.54) is 11.6 Å². The zero-order valence-electron chi connectivity index (χ0n) is 11.6. The predicted octanol–water partition coefficient (Wildman–Crippen LogP) is 3.63. The Hall–Kier alpha value is -1.81. The highest BCUT2D eigenvalue weighted by molar-refractivity contribution is 8.14. The van der Waals surface area contributed by atoms with E-state index < -0.39 is 0 Å². The molecule has 1 saturated heterocycles. The van der Waals surface area contributed by atoms with Gasteiger partial charge in [0.05, 0.1) is 6.54 Å². The van der Waals surface area contributed by atoms with Crippen molar-refractivity contribution >= 4 is 16.9 Å². The maximum atomic E-state index is 13.5. The largest absolute Gasteiger partial charge is 0.361 e. The number of amidine groups is 1. The number of nitrogens with one attached hydrogen (secondary N) is 1. The Bertz CT molecular complexity index is 628. The van der Waals surface area contributed by atoms with E-state index in [1.54, 1.807) is 23.9 Å². The average Bonchev–Trinajstić information content (AvgIpc) is 2.95. The Morgan fingerprint density at radius 3 is 2.67 bits per heavy atom. The molecule has 1 unspecified atom stereocenters. The molecule has 2 nitrogen and oxygen atoms in total. The molecule has 108 valence electrons. The second-order valence-electron chi connectivity index (χ2n) is 5.05. The van der Waals surface area contributed by atoms with Crippen LogP contribution in [0.5, 0.6) is 0 Å². The SMILES string of the molecule is Fc1ccccc1CN=C1NC(Cc2ccccc2)CS1. The van der Waals surface area contributed by atoms with Crippen molar-refractivity contribution in [2.45, 2.75) is 19.0 Å². The highest BCUT2D eigenvalue weighted by atomic mass is 32.2. The molecule has 0 saturated carbocycles. The lowest BCUT2D eigenvalue weighted by molar-refractivity contribution is 0.610. The van der Waals surface area contributed by atoms with E-state index in [1.807, 2.05) is 12.1 Å². The van der Waals surface area contributed by atoms with Gasteiger partial charge in [0.15, 0.2) is 5.17 Å². The quantitative estimate of drug-likeness (QED) is 0.932. The molecule has 1 aliphatic heterocycles. The topological polar surface area (TPSA) is 24.4 Å². The molecule has 1 aliphatic rings. The van der Waals surface area contributed by atoms with Gasteiger partial charge in [-0.25, -0.2) is 4.39 Å². The van der Waals surface area contributed by atoms with Gasteiger partial charge in [-0.3, -0.25) is 4.99 Å². The van der Waals surface area contributed by atoms with E-state index in [2.05, 4.69) is 34.6 Å². The molecule has 1 fully saturated rings. The minimum Gasteiger partial charge on any atom is -0.361 e. The maximum absolute atomic E-state index is 13.5. The van der Waals surface area contributed by atoms with Gasteiger partial charge in [-0.15, -0.1) is 0 Å². The van der Waals surface area contributed by atoms with E-state index in [0.29, 0.717) is 18.2 Å². The molecule has 0 radical (unpaired) electrons. The van der Waals surface area contributed by atoms with Gasteiger partial charge in [-0.2, -0.15) is 0 Å². The zero-order chi connectivity index (χ0) is 14.5. The third-order valence-corrected chi connectivity index (χ3v) is 4.51. The molecule has 0 spiro atoms. The summed E-state index contributed by atoms with van der Waals surface area (Å²) in [5.41, 5.74) is 1.96. The van der Waals surface area contributed by atoms with Crippen LogP contribution >= 0.6 is 11.8 Å². The summed E-state index contributed by atoms with van der Waals surface area (Å²) in [6, 6.07) is 17.6. The summed E-state index contributed by atoms with van der Waals surface area (Å²) < 4.78 is 13.5. The third kappa shape index (κ3) is 3.85. The van der Waals surface area contributed by atoms with Gasteiger partial charge in [0.2, 0.25) is 0 Å². The minimum atomic E-state index is -0.189. The molecule has 2 aromatic rings. The Balaban J connectivity index is 1.57. The summed E-state index contributed by atoms with van der Waals surface area (Å²) in [6.07, 6.45) is 0.993. The van der Waals surface area contributed by atoms with Crippen LogP contribution in [-0.2, 0) is 13.0 Å². The minimum absolute atomic E-state index is 0.189. The van der Waals surface area contributed by atoms with Crippen LogP contribution in [0.4, 0.5) is 4.39 Å². The number of thioether (sulfide) groups is 1. The van der Waals surface area contributed by atoms with Crippen LogP contribution in [-0.4, -0.2) is 17.0 Å². The first-order valence-corrected chi connectivity index (χ1v) is 8.01. The molecule has 21 heavy (non-hydrogen) atoms. The summed E-state index contributed by atoms with van der Waals surface area (Å²) >= 11 is 1.71. The van der Waals surface area contributed by atoms with Crippen LogP contribution in [0.15, 0.2) is 59.6 Å². The number of nitrogens with zero attached hydrogens (tertiary/aromatic N) is 1. The van der Waals surface area contributed by atoms with E-state index in [9.17, 15) is 4.39 Å². The number of aliphatic imine (C=N–C) groups is 1. The Morgan fingerprint density at radius 2 is 1.86 bits per heavy atom. The summed E-state index contributed by atoms with van der Waals surface area (Å²) in [4.78, 5) is 4.47. The van der Waals surface area contributed by atoms with E-state index in [0.717, 1.165) is 17.3 Å². The average molecular weight is 300 g/mol. The summed E-state index contributed by atoms with van der Waals surface area (Å²) in [6.45, 7) is 0.389. The van der Waals surface area contributed by atoms with Crippen molar-refractivity contribution in [1.82, 2.24) is 5.32 Å². The summed E-state index contributed by atoms with van der Waals surface area (Å²) in [7, 11) is 0. The number of hydrogen-bond donors (Lipinski definition) is 1. The smallest absolute Gasteiger partial charge is 0.157 e. The van der Waals surface area contributed by atoms with Crippen molar-refractivity contribution in [1.29, 1.82) is 0 Å². The monoisotopic (exact) mass is 300 g/mol. The van der Waals surface area contributed by atoms with Crippen molar-refractivity contribution in [3.63, 3.8) is 0 Å². The van der Waals surface area contributed by atoms with Gasteiger partial charge in [0.1, 0.15) is 5.82 Å². The normalized spacial score (nSPS) is 19.7. The molecule has 1 N–H and O–H groups in total. The molecule has 3 rings (SSSR count). The Labute approximate surface area is 128 Å². The van der Waals surface area contributed by atoms with Crippen molar-refractivity contribution in [2.24, 2.45) is 4.99 Å². The first-order chi connectivity index (χ1) is 10.3. The lowest BCUT2D eigenvalue weighted by atomic mass is 10.1. The molecule has 4 heteroatoms. The fourth-order valence-electron chi connectivity index (χ4n) is 2.32. The van der Waals surface area contributed by atoms with E-state index in [-0.39, 0.29) is 5.82 Å². The van der Waals surface area contributed by atoms with E-state index >= 15 is 0 Å². The van der Waals surface area contributed by atoms with Crippen molar-refractivity contribution in [3.8, 4) is 0 Å². The predicted molar refractivity (Wildman–Crippen MR) is 87.1 cm³/mol. The standard InChI is InChI=1S/C17H17FN2S/c18-16-9-5-4-8-14(16)11-19-17-20-15(12-21-17)10-13-6-2-1-3-7-13/h1-9,15H,10-12H2,(H,19,20). The van der Waals surface area contributed by atoms with Gasteiger partial charge in [0.25, 0.3) is 0 Å². The van der Waals surface area contributed by atoms with Crippen LogP contribution in [0.3, 0.4) is 0 Å². The highest BCUT2D eigenvalue weighted by Gasteiger charge is 2.20. The van der Waals surface area contributed by atoms with Crippen LogP contribution in [0.2, 0.25) is 0 Å². The molecule has 0 aliphatic carbocycles. The number of benzene rings is 2. The Kier molecular flexibility index (Phi) is 4.55. The van der Waals surface area contributed by atoms with Crippen LogP contribution in [0.25, 0.3) is 0 Å². The second kappa shape index (κ2) is 6.76. The van der Waals surface area contributed by atoms with Gasteiger partial charge in [-0.05, 0) is 18.1 Å². The van der Waals surface area contributed by atoms with Gasteiger partial charge in [-0.1, -0.05) is 60.3 Å². The fourth-order valence-corrected chi connectivity index (χ4v) is 3.29. The van der Waals surface area contributed by atoms with E-state index in [4.69, 9.17) is 0 Å². The first-order valence-electron chi connectivity index (χ1n) is 7.02. The van der Waals surface area contributed by atoms with Crippen molar-refractivity contribution < 1.29 is 4.39 Å². The molecule has 0 aromatic heterocycles. The second-order valence-corrected chi connectivity index (χ2v) is 6.06. The first kappa shape index (κ1) is 14.1.